The summed E-state index contributed by atoms with van der Waals surface area (Å²) in [4.78, 5) is 26.9. The van der Waals surface area contributed by atoms with E-state index in [1.807, 2.05) is 30.5 Å². The summed E-state index contributed by atoms with van der Waals surface area (Å²) in [6.45, 7) is 6.91. The molecule has 2 heterocycles. The predicted octanol–water partition coefficient (Wildman–Crippen LogP) is 8.30. The molecule has 0 radical (unpaired) electrons. The van der Waals surface area contributed by atoms with Gasteiger partial charge in [0.15, 0.2) is 11.0 Å². The van der Waals surface area contributed by atoms with Crippen LogP contribution in [0.3, 0.4) is 0 Å². The van der Waals surface area contributed by atoms with Crippen LogP contribution in [0.25, 0.3) is 0 Å². The number of carbonyl (C=O) groups is 1. The SMILES string of the molecule is CSc1ncc2c(n1)N(c1cccc(CC(O[SiH](c3ccccc3)c3ccccc3)C(C)(C)C)c1)C(=O)N(c1c(Cl)cccc1Cl)C2. The van der Waals surface area contributed by atoms with Gasteiger partial charge in [-0.05, 0) is 58.3 Å². The van der Waals surface area contributed by atoms with E-state index in [4.69, 9.17) is 32.6 Å². The summed E-state index contributed by atoms with van der Waals surface area (Å²) < 4.78 is 7.18. The molecule has 6 nitrogen and oxygen atoms in total. The van der Waals surface area contributed by atoms with E-state index < -0.39 is 9.04 Å². The van der Waals surface area contributed by atoms with E-state index in [1.165, 1.54) is 22.1 Å². The number of benzene rings is 4. The summed E-state index contributed by atoms with van der Waals surface area (Å²) in [5.74, 6) is 0.551. The predicted molar refractivity (Wildman–Crippen MR) is 198 cm³/mol. The second-order valence-electron chi connectivity index (χ2n) is 12.5. The van der Waals surface area contributed by atoms with Crippen molar-refractivity contribution in [3.8, 4) is 0 Å². The molecular formula is C37H36Cl2N4O2SSi. The molecule has 47 heavy (non-hydrogen) atoms. The zero-order valence-corrected chi connectivity index (χ0v) is 30.2. The number of halogens is 2. The molecule has 0 saturated heterocycles. The van der Waals surface area contributed by atoms with Crippen LogP contribution in [0.15, 0.2) is 114 Å². The average molecular weight is 700 g/mol. The summed E-state index contributed by atoms with van der Waals surface area (Å²) in [7, 11) is -2.02. The van der Waals surface area contributed by atoms with Crippen LogP contribution >= 0.6 is 35.0 Å². The lowest BCUT2D eigenvalue weighted by Gasteiger charge is -2.37. The molecule has 1 aliphatic rings. The molecule has 5 aromatic rings. The van der Waals surface area contributed by atoms with Gasteiger partial charge in [-0.1, -0.05) is 135 Å². The van der Waals surface area contributed by atoms with Crippen molar-refractivity contribution in [1.29, 1.82) is 0 Å². The summed E-state index contributed by atoms with van der Waals surface area (Å²) >= 11 is 14.6. The third-order valence-corrected chi connectivity index (χ3v) is 12.0. The zero-order valence-electron chi connectivity index (χ0n) is 26.7. The Labute approximate surface area is 292 Å². The standard InChI is InChI=1S/C37H36Cl2N4O2SSi/c1-37(2,3)32(45-47(28-15-7-5-8-16-28)29-17-9-6-10-18-29)22-25-13-11-14-27(21-25)43-34-26(23-40-35(41-34)46-4)24-42(36(43)44)33-30(38)19-12-20-31(33)39/h5-21,23,32,47H,22,24H2,1-4H3. The quantitative estimate of drug-likeness (QED) is 0.0881. The number of fused-ring (bicyclic) bond motifs is 1. The normalized spacial score (nSPS) is 14.0. The lowest BCUT2D eigenvalue weighted by molar-refractivity contribution is 0.0897. The third kappa shape index (κ3) is 7.27. The summed E-state index contributed by atoms with van der Waals surface area (Å²) in [5, 5.41) is 3.84. The van der Waals surface area contributed by atoms with E-state index in [1.54, 1.807) is 34.2 Å². The molecule has 0 fully saturated rings. The van der Waals surface area contributed by atoms with Crippen molar-refractivity contribution in [2.24, 2.45) is 5.41 Å². The number of nitrogens with zero attached hydrogens (tertiary/aromatic N) is 4. The number of carbonyl (C=O) groups excluding carboxylic acids is 1. The molecule has 1 atom stereocenters. The maximum Gasteiger partial charge on any atom is 0.335 e. The Bertz CT molecular complexity index is 1810. The minimum atomic E-state index is -2.02. The molecular weight excluding hydrogens is 663 g/mol. The lowest BCUT2D eigenvalue weighted by Crippen LogP contribution is -2.50. The Kier molecular flexibility index (Phi) is 10.1. The second kappa shape index (κ2) is 14.2. The van der Waals surface area contributed by atoms with Gasteiger partial charge in [0.2, 0.25) is 9.04 Å². The van der Waals surface area contributed by atoms with E-state index >= 15 is 0 Å². The molecule has 0 bridgehead atoms. The molecule has 0 spiro atoms. The topological polar surface area (TPSA) is 58.6 Å². The van der Waals surface area contributed by atoms with Crippen LogP contribution < -0.4 is 20.2 Å². The van der Waals surface area contributed by atoms with Gasteiger partial charge in [0.25, 0.3) is 0 Å². The summed E-state index contributed by atoms with van der Waals surface area (Å²) in [6.07, 6.45) is 4.26. The van der Waals surface area contributed by atoms with Crippen molar-refractivity contribution < 1.29 is 9.22 Å². The highest BCUT2D eigenvalue weighted by molar-refractivity contribution is 7.98. The van der Waals surface area contributed by atoms with Crippen molar-refractivity contribution in [3.05, 3.63) is 130 Å². The number of para-hydroxylation sites is 1. The smallest absolute Gasteiger partial charge is 0.335 e. The van der Waals surface area contributed by atoms with Crippen LogP contribution in [-0.2, 0) is 17.4 Å². The first-order chi connectivity index (χ1) is 22.6. The van der Waals surface area contributed by atoms with Gasteiger partial charge in [0.05, 0.1) is 34.1 Å². The van der Waals surface area contributed by atoms with E-state index in [-0.39, 0.29) is 24.1 Å². The number of aromatic nitrogens is 2. The minimum absolute atomic E-state index is 0.0944. The third-order valence-electron chi connectivity index (χ3n) is 8.23. The first-order valence-corrected chi connectivity index (χ1v) is 19.0. The highest BCUT2D eigenvalue weighted by Gasteiger charge is 2.37. The van der Waals surface area contributed by atoms with Gasteiger partial charge >= 0.3 is 6.03 Å². The molecule has 6 rings (SSSR count). The Morgan fingerprint density at radius 1 is 0.894 bits per heavy atom. The fraction of sp³-hybridized carbons (Fsp3) is 0.216. The Hall–Kier alpha value is -3.66. The average Bonchev–Trinajstić information content (AvgIpc) is 3.07. The number of rotatable bonds is 9. The molecule has 1 aromatic heterocycles. The van der Waals surface area contributed by atoms with Crippen molar-refractivity contribution in [1.82, 2.24) is 9.97 Å². The molecule has 1 aliphatic heterocycles. The maximum absolute atomic E-state index is 14.4. The number of urea groups is 1. The molecule has 2 amide bonds. The van der Waals surface area contributed by atoms with Gasteiger partial charge in [0.1, 0.15) is 0 Å². The van der Waals surface area contributed by atoms with Gasteiger partial charge in [-0.2, -0.15) is 0 Å². The van der Waals surface area contributed by atoms with Crippen molar-refractivity contribution in [2.75, 3.05) is 16.1 Å². The Balaban J connectivity index is 1.38. The largest absolute Gasteiger partial charge is 0.407 e. The van der Waals surface area contributed by atoms with Gasteiger partial charge in [0, 0.05) is 11.8 Å². The first-order valence-electron chi connectivity index (χ1n) is 15.4. The Morgan fingerprint density at radius 2 is 1.51 bits per heavy atom. The van der Waals surface area contributed by atoms with Crippen LogP contribution in [0.4, 0.5) is 22.0 Å². The zero-order chi connectivity index (χ0) is 33.1. The minimum Gasteiger partial charge on any atom is -0.407 e. The molecule has 10 heteroatoms. The Morgan fingerprint density at radius 3 is 2.11 bits per heavy atom. The fourth-order valence-electron chi connectivity index (χ4n) is 5.75. The van der Waals surface area contributed by atoms with Crippen molar-refractivity contribution in [2.45, 2.75) is 45.0 Å². The van der Waals surface area contributed by atoms with Gasteiger partial charge in [-0.3, -0.25) is 4.90 Å². The molecule has 4 aromatic carbocycles. The summed E-state index contributed by atoms with van der Waals surface area (Å²) in [5.41, 5.74) is 2.84. The lowest BCUT2D eigenvalue weighted by atomic mass is 9.85. The van der Waals surface area contributed by atoms with Crippen LogP contribution in [0, 0.1) is 5.41 Å². The van der Waals surface area contributed by atoms with E-state index in [2.05, 4.69) is 86.4 Å². The van der Waals surface area contributed by atoms with Gasteiger partial charge in [-0.15, -0.1) is 0 Å². The first kappa shape index (κ1) is 33.2. The van der Waals surface area contributed by atoms with Crippen LogP contribution in [0.2, 0.25) is 10.0 Å². The monoisotopic (exact) mass is 698 g/mol. The van der Waals surface area contributed by atoms with Gasteiger partial charge < -0.3 is 4.43 Å². The van der Waals surface area contributed by atoms with E-state index in [9.17, 15) is 4.79 Å². The van der Waals surface area contributed by atoms with Crippen molar-refractivity contribution >= 4 is 77.6 Å². The molecule has 0 N–H and O–H groups in total. The molecule has 0 saturated carbocycles. The van der Waals surface area contributed by atoms with Crippen LogP contribution in [0.1, 0.15) is 31.9 Å². The van der Waals surface area contributed by atoms with Gasteiger partial charge in [-0.25, -0.2) is 19.7 Å². The maximum atomic E-state index is 14.4. The highest BCUT2D eigenvalue weighted by Crippen LogP contribution is 2.41. The number of thioether (sulfide) groups is 1. The molecule has 0 aliphatic carbocycles. The summed E-state index contributed by atoms with van der Waals surface area (Å²) in [6, 6.07) is 34.1. The molecule has 240 valence electrons. The number of hydrogen-bond acceptors (Lipinski definition) is 5. The van der Waals surface area contributed by atoms with E-state index in [0.29, 0.717) is 38.8 Å². The molecule has 1 unspecified atom stereocenters. The number of amides is 2. The second-order valence-corrected chi connectivity index (χ2v) is 16.5. The van der Waals surface area contributed by atoms with Crippen LogP contribution in [0.5, 0.6) is 0 Å². The van der Waals surface area contributed by atoms with Crippen LogP contribution in [-0.4, -0.2) is 37.4 Å². The number of hydrogen-bond donors (Lipinski definition) is 0. The highest BCUT2D eigenvalue weighted by atomic mass is 35.5. The van der Waals surface area contributed by atoms with Crippen molar-refractivity contribution in [3.63, 3.8) is 0 Å². The number of anilines is 3. The van der Waals surface area contributed by atoms with E-state index in [0.717, 1.165) is 11.1 Å². The fourth-order valence-corrected chi connectivity index (χ4v) is 9.37.